The van der Waals surface area contributed by atoms with E-state index >= 15 is 0 Å². The molecule has 0 spiro atoms. The lowest BCUT2D eigenvalue weighted by Crippen LogP contribution is -2.12. The standard InChI is InChI=1S/C11H16N4O/c1-2-9(16)6-7-12-11-13-10-5-3-4-8-15(10)14-11/h3-5,8-9,16H,2,6-7H2,1H3,(H,12,14). The molecule has 2 N–H and O–H groups in total. The second kappa shape index (κ2) is 4.94. The van der Waals surface area contributed by atoms with E-state index in [-0.39, 0.29) is 6.10 Å². The molecular weight excluding hydrogens is 204 g/mol. The predicted molar refractivity (Wildman–Crippen MR) is 62.4 cm³/mol. The molecular formula is C11H16N4O. The van der Waals surface area contributed by atoms with Crippen molar-refractivity contribution in [3.8, 4) is 0 Å². The highest BCUT2D eigenvalue weighted by atomic mass is 16.3. The molecule has 0 saturated carbocycles. The fourth-order valence-corrected chi connectivity index (χ4v) is 1.46. The molecule has 1 unspecified atom stereocenters. The van der Waals surface area contributed by atoms with E-state index in [1.54, 1.807) is 4.52 Å². The minimum absolute atomic E-state index is 0.246. The zero-order chi connectivity index (χ0) is 11.4. The largest absolute Gasteiger partial charge is 0.393 e. The van der Waals surface area contributed by atoms with E-state index in [1.807, 2.05) is 31.3 Å². The van der Waals surface area contributed by atoms with Crippen LogP contribution in [0.3, 0.4) is 0 Å². The third kappa shape index (κ3) is 2.49. The van der Waals surface area contributed by atoms with Gasteiger partial charge in [0.25, 0.3) is 0 Å². The Labute approximate surface area is 94.1 Å². The van der Waals surface area contributed by atoms with Crippen LogP contribution in [-0.2, 0) is 0 Å². The van der Waals surface area contributed by atoms with Crippen LogP contribution in [0.5, 0.6) is 0 Å². The average molecular weight is 220 g/mol. The van der Waals surface area contributed by atoms with Gasteiger partial charge in [0.15, 0.2) is 5.65 Å². The molecule has 1 atom stereocenters. The first-order valence-electron chi connectivity index (χ1n) is 5.53. The summed E-state index contributed by atoms with van der Waals surface area (Å²) in [7, 11) is 0. The molecule has 0 aliphatic rings. The van der Waals surface area contributed by atoms with Gasteiger partial charge < -0.3 is 10.4 Å². The number of nitrogens with zero attached hydrogens (tertiary/aromatic N) is 3. The molecule has 0 aliphatic carbocycles. The van der Waals surface area contributed by atoms with E-state index in [4.69, 9.17) is 0 Å². The monoisotopic (exact) mass is 220 g/mol. The van der Waals surface area contributed by atoms with Crippen molar-refractivity contribution in [1.29, 1.82) is 0 Å². The average Bonchev–Trinajstić information content (AvgIpc) is 2.71. The van der Waals surface area contributed by atoms with Gasteiger partial charge in [0.1, 0.15) is 0 Å². The number of aliphatic hydroxyl groups excluding tert-OH is 1. The van der Waals surface area contributed by atoms with E-state index in [9.17, 15) is 5.11 Å². The number of hydrogen-bond donors (Lipinski definition) is 2. The van der Waals surface area contributed by atoms with Gasteiger partial charge in [0.05, 0.1) is 6.10 Å². The number of nitrogens with one attached hydrogen (secondary N) is 1. The molecule has 0 fully saturated rings. The van der Waals surface area contributed by atoms with Crippen LogP contribution in [-0.4, -0.2) is 32.4 Å². The summed E-state index contributed by atoms with van der Waals surface area (Å²) in [5.41, 5.74) is 0.820. The molecule has 2 aromatic rings. The predicted octanol–water partition coefficient (Wildman–Crippen LogP) is 1.30. The van der Waals surface area contributed by atoms with Crippen molar-refractivity contribution >= 4 is 11.6 Å². The zero-order valence-electron chi connectivity index (χ0n) is 9.30. The molecule has 0 radical (unpaired) electrons. The fraction of sp³-hybridized carbons (Fsp3) is 0.455. The van der Waals surface area contributed by atoms with E-state index in [1.165, 1.54) is 0 Å². The highest BCUT2D eigenvalue weighted by Gasteiger charge is 2.03. The van der Waals surface area contributed by atoms with Crippen LogP contribution in [0.2, 0.25) is 0 Å². The quantitative estimate of drug-likeness (QED) is 0.797. The van der Waals surface area contributed by atoms with E-state index < -0.39 is 0 Å². The summed E-state index contributed by atoms with van der Waals surface area (Å²) in [6.07, 6.45) is 3.10. The van der Waals surface area contributed by atoms with Crippen LogP contribution in [0.15, 0.2) is 24.4 Å². The maximum absolute atomic E-state index is 9.39. The topological polar surface area (TPSA) is 62.5 Å². The van der Waals surface area contributed by atoms with Gasteiger partial charge >= 0.3 is 0 Å². The SMILES string of the molecule is CCC(O)CCNc1nc2ccccn2n1. The van der Waals surface area contributed by atoms with Crippen LogP contribution in [0.4, 0.5) is 5.95 Å². The van der Waals surface area contributed by atoms with Crippen LogP contribution in [0, 0.1) is 0 Å². The Morgan fingerprint density at radius 1 is 1.50 bits per heavy atom. The number of aromatic nitrogens is 3. The number of aliphatic hydroxyl groups is 1. The summed E-state index contributed by atoms with van der Waals surface area (Å²) in [5.74, 6) is 0.606. The summed E-state index contributed by atoms with van der Waals surface area (Å²) in [5, 5.41) is 16.7. The Morgan fingerprint density at radius 2 is 2.38 bits per heavy atom. The number of fused-ring (bicyclic) bond motifs is 1. The molecule has 2 heterocycles. The Kier molecular flexibility index (Phi) is 3.36. The van der Waals surface area contributed by atoms with Gasteiger partial charge in [0.2, 0.25) is 5.95 Å². The van der Waals surface area contributed by atoms with Crippen LogP contribution >= 0.6 is 0 Å². The number of hydrogen-bond acceptors (Lipinski definition) is 4. The van der Waals surface area contributed by atoms with Gasteiger partial charge in [-0.15, -0.1) is 5.10 Å². The summed E-state index contributed by atoms with van der Waals surface area (Å²) >= 11 is 0. The van der Waals surface area contributed by atoms with Crippen LogP contribution in [0.1, 0.15) is 19.8 Å². The van der Waals surface area contributed by atoms with E-state index in [2.05, 4.69) is 15.4 Å². The first-order valence-corrected chi connectivity index (χ1v) is 5.53. The first kappa shape index (κ1) is 10.9. The normalized spacial score (nSPS) is 12.9. The van der Waals surface area contributed by atoms with Crippen LogP contribution < -0.4 is 5.32 Å². The van der Waals surface area contributed by atoms with E-state index in [0.717, 1.165) is 12.1 Å². The molecule has 5 nitrogen and oxygen atoms in total. The summed E-state index contributed by atoms with van der Waals surface area (Å²) in [6.45, 7) is 2.65. The maximum atomic E-state index is 9.39. The minimum atomic E-state index is -0.246. The van der Waals surface area contributed by atoms with Crippen molar-refractivity contribution in [2.75, 3.05) is 11.9 Å². The molecule has 2 aromatic heterocycles. The summed E-state index contributed by atoms with van der Waals surface area (Å²) in [6, 6.07) is 5.74. The lowest BCUT2D eigenvalue weighted by atomic mass is 10.2. The lowest BCUT2D eigenvalue weighted by Gasteiger charge is -2.06. The van der Waals surface area contributed by atoms with Gasteiger partial charge in [-0.25, -0.2) is 4.52 Å². The summed E-state index contributed by atoms with van der Waals surface area (Å²) < 4.78 is 1.72. The van der Waals surface area contributed by atoms with Crippen LogP contribution in [0.25, 0.3) is 5.65 Å². The Morgan fingerprint density at radius 3 is 3.12 bits per heavy atom. The van der Waals surface area contributed by atoms with Gasteiger partial charge in [-0.05, 0) is 25.0 Å². The molecule has 0 amide bonds. The fourth-order valence-electron chi connectivity index (χ4n) is 1.46. The maximum Gasteiger partial charge on any atom is 0.243 e. The number of pyridine rings is 1. The smallest absolute Gasteiger partial charge is 0.243 e. The second-order valence-corrected chi connectivity index (χ2v) is 3.72. The number of rotatable bonds is 5. The third-order valence-electron chi connectivity index (χ3n) is 2.47. The van der Waals surface area contributed by atoms with Gasteiger partial charge in [0, 0.05) is 12.7 Å². The molecule has 2 rings (SSSR count). The molecule has 16 heavy (non-hydrogen) atoms. The second-order valence-electron chi connectivity index (χ2n) is 3.72. The molecule has 0 aliphatic heterocycles. The van der Waals surface area contributed by atoms with Crippen molar-refractivity contribution in [2.24, 2.45) is 0 Å². The number of anilines is 1. The molecule has 86 valence electrons. The highest BCUT2D eigenvalue weighted by molar-refractivity contribution is 5.42. The van der Waals surface area contributed by atoms with Gasteiger partial charge in [-0.2, -0.15) is 4.98 Å². The summed E-state index contributed by atoms with van der Waals surface area (Å²) in [4.78, 5) is 4.29. The third-order valence-corrected chi connectivity index (χ3v) is 2.47. The lowest BCUT2D eigenvalue weighted by molar-refractivity contribution is 0.164. The zero-order valence-corrected chi connectivity index (χ0v) is 9.30. The molecule has 5 heteroatoms. The van der Waals surface area contributed by atoms with Crippen molar-refractivity contribution < 1.29 is 5.11 Å². The van der Waals surface area contributed by atoms with Gasteiger partial charge in [-0.1, -0.05) is 13.0 Å². The highest BCUT2D eigenvalue weighted by Crippen LogP contribution is 2.05. The Bertz CT molecular complexity index is 421. The van der Waals surface area contributed by atoms with Crippen molar-refractivity contribution in [1.82, 2.24) is 14.6 Å². The van der Waals surface area contributed by atoms with Crippen molar-refractivity contribution in [3.63, 3.8) is 0 Å². The Hall–Kier alpha value is -1.62. The minimum Gasteiger partial charge on any atom is -0.393 e. The first-order chi connectivity index (χ1) is 7.79. The van der Waals surface area contributed by atoms with Crippen molar-refractivity contribution in [3.05, 3.63) is 24.4 Å². The van der Waals surface area contributed by atoms with Crippen molar-refractivity contribution in [2.45, 2.75) is 25.9 Å². The molecule has 0 aromatic carbocycles. The molecule has 0 saturated heterocycles. The Balaban J connectivity index is 1.94. The van der Waals surface area contributed by atoms with E-state index in [0.29, 0.717) is 18.9 Å². The van der Waals surface area contributed by atoms with Gasteiger partial charge in [-0.3, -0.25) is 0 Å². The molecule has 0 bridgehead atoms.